The second-order valence-electron chi connectivity index (χ2n) is 8.44. The van der Waals surface area contributed by atoms with E-state index in [0.717, 1.165) is 30.4 Å². The maximum Gasteiger partial charge on any atom is 0.245 e. The number of likely N-dealkylation sites (tertiary alicyclic amines) is 1. The predicted molar refractivity (Wildman–Crippen MR) is 132 cm³/mol. The fourth-order valence-corrected chi connectivity index (χ4v) is 3.66. The molecule has 1 heterocycles. The summed E-state index contributed by atoms with van der Waals surface area (Å²) in [6.45, 7) is 1.99. The molecule has 0 aliphatic carbocycles. The fraction of sp³-hybridized carbons (Fsp3) is 0.385. The van der Waals surface area contributed by atoms with Gasteiger partial charge in [0.2, 0.25) is 24.1 Å². The Morgan fingerprint density at radius 3 is 2.19 bits per heavy atom. The van der Waals surface area contributed by atoms with Crippen molar-refractivity contribution >= 4 is 24.1 Å². The number of aromatic hydroxyl groups is 1. The maximum atomic E-state index is 13.0. The zero-order valence-electron chi connectivity index (χ0n) is 20.1. The number of nitrogens with one attached hydrogen (secondary N) is 2. The number of nitrogens with two attached hydrogens (primary N) is 1. The molecule has 1 saturated heterocycles. The van der Waals surface area contributed by atoms with Crippen LogP contribution in [0, 0.1) is 5.82 Å². The van der Waals surface area contributed by atoms with Gasteiger partial charge in [-0.3, -0.25) is 19.2 Å². The number of primary amides is 1. The summed E-state index contributed by atoms with van der Waals surface area (Å²) in [5.41, 5.74) is 6.89. The van der Waals surface area contributed by atoms with Crippen LogP contribution in [-0.2, 0) is 32.0 Å². The minimum Gasteiger partial charge on any atom is -0.508 e. The number of carbonyl (C=O) groups is 4. The zero-order valence-corrected chi connectivity index (χ0v) is 20.1. The lowest BCUT2D eigenvalue weighted by Crippen LogP contribution is -2.49. The van der Waals surface area contributed by atoms with Crippen LogP contribution in [0.3, 0.4) is 0 Å². The molecule has 0 radical (unpaired) electrons. The Morgan fingerprint density at radius 1 is 1.00 bits per heavy atom. The molecule has 0 saturated carbocycles. The standard InChI is InChI=1S/C17H22FN3O3.C9H11NO2/c18-13-5-3-12(4-6-13)11-14(17(24)21-9-1-2-10-21)20-16(23)8-7-15(19)22;11-7-10-6-5-8-1-3-9(12)4-2-8/h3-6,14H,1-2,7-11H2,(H2,19,22)(H,20,23);1-4,7,12H,5-6H2,(H,10,11). The Kier molecular flexibility index (Phi) is 11.9. The van der Waals surface area contributed by atoms with Crippen LogP contribution in [0.5, 0.6) is 5.75 Å². The van der Waals surface area contributed by atoms with Gasteiger partial charge in [-0.05, 0) is 54.7 Å². The van der Waals surface area contributed by atoms with Gasteiger partial charge in [0.25, 0.3) is 0 Å². The molecule has 0 bridgehead atoms. The van der Waals surface area contributed by atoms with E-state index >= 15 is 0 Å². The molecule has 10 heteroatoms. The number of carbonyl (C=O) groups excluding carboxylic acids is 4. The number of amides is 4. The monoisotopic (exact) mass is 500 g/mol. The van der Waals surface area contributed by atoms with Crippen molar-refractivity contribution in [3.05, 3.63) is 65.5 Å². The highest BCUT2D eigenvalue weighted by molar-refractivity contribution is 5.89. The van der Waals surface area contributed by atoms with Crippen LogP contribution in [0.2, 0.25) is 0 Å². The van der Waals surface area contributed by atoms with E-state index < -0.39 is 17.9 Å². The summed E-state index contributed by atoms with van der Waals surface area (Å²) >= 11 is 0. The van der Waals surface area contributed by atoms with E-state index in [1.807, 2.05) is 12.1 Å². The third kappa shape index (κ3) is 10.5. The Morgan fingerprint density at radius 2 is 1.61 bits per heavy atom. The van der Waals surface area contributed by atoms with Crippen LogP contribution in [0.1, 0.15) is 36.8 Å². The maximum absolute atomic E-state index is 13.0. The van der Waals surface area contributed by atoms with Crippen LogP contribution in [0.15, 0.2) is 48.5 Å². The minimum atomic E-state index is -0.728. The lowest BCUT2D eigenvalue weighted by Gasteiger charge is -2.24. The normalized spacial score (nSPS) is 13.2. The SMILES string of the molecule is NC(=O)CCC(=O)NC(Cc1ccc(F)cc1)C(=O)N1CCCC1.O=CNCCc1ccc(O)cc1. The molecule has 9 nitrogen and oxygen atoms in total. The fourth-order valence-electron chi connectivity index (χ4n) is 3.66. The van der Waals surface area contributed by atoms with E-state index in [4.69, 9.17) is 10.8 Å². The number of hydrogen-bond donors (Lipinski definition) is 4. The number of rotatable bonds is 11. The highest BCUT2D eigenvalue weighted by atomic mass is 19.1. The molecule has 1 fully saturated rings. The molecular weight excluding hydrogens is 467 g/mol. The smallest absolute Gasteiger partial charge is 0.245 e. The van der Waals surface area contributed by atoms with Crippen LogP contribution < -0.4 is 16.4 Å². The molecule has 1 atom stereocenters. The van der Waals surface area contributed by atoms with Crippen molar-refractivity contribution < 1.29 is 28.7 Å². The molecular formula is C26H33FN4O5. The van der Waals surface area contributed by atoms with Gasteiger partial charge < -0.3 is 26.4 Å². The van der Waals surface area contributed by atoms with Crippen molar-refractivity contribution in [3.8, 4) is 5.75 Å². The summed E-state index contributed by atoms with van der Waals surface area (Å²) < 4.78 is 13.0. The van der Waals surface area contributed by atoms with Gasteiger partial charge >= 0.3 is 0 Å². The van der Waals surface area contributed by atoms with Crippen LogP contribution in [-0.4, -0.2) is 59.8 Å². The molecule has 0 spiro atoms. The highest BCUT2D eigenvalue weighted by Gasteiger charge is 2.28. The largest absolute Gasteiger partial charge is 0.508 e. The van der Waals surface area contributed by atoms with E-state index in [0.29, 0.717) is 26.0 Å². The summed E-state index contributed by atoms with van der Waals surface area (Å²) in [7, 11) is 0. The van der Waals surface area contributed by atoms with E-state index in [1.54, 1.807) is 29.2 Å². The third-order valence-corrected chi connectivity index (χ3v) is 5.58. The van der Waals surface area contributed by atoms with Crippen molar-refractivity contribution in [2.75, 3.05) is 19.6 Å². The quantitative estimate of drug-likeness (QED) is 0.273. The van der Waals surface area contributed by atoms with Gasteiger partial charge in [0, 0.05) is 38.9 Å². The van der Waals surface area contributed by atoms with Gasteiger partial charge in [-0.2, -0.15) is 0 Å². The van der Waals surface area contributed by atoms with Crippen molar-refractivity contribution in [1.29, 1.82) is 0 Å². The molecule has 2 aromatic rings. The Labute approximate surface area is 209 Å². The summed E-state index contributed by atoms with van der Waals surface area (Å²) in [5, 5.41) is 14.2. The summed E-state index contributed by atoms with van der Waals surface area (Å²) in [6, 6.07) is 12.0. The number of hydrogen-bond acceptors (Lipinski definition) is 5. The molecule has 5 N–H and O–H groups in total. The first-order valence-corrected chi connectivity index (χ1v) is 11.8. The van der Waals surface area contributed by atoms with Crippen LogP contribution in [0.4, 0.5) is 4.39 Å². The Hall–Kier alpha value is -3.95. The Balaban J connectivity index is 0.000000319. The molecule has 3 rings (SSSR count). The zero-order chi connectivity index (χ0) is 26.3. The summed E-state index contributed by atoms with van der Waals surface area (Å²) in [6.07, 6.45) is 3.53. The lowest BCUT2D eigenvalue weighted by molar-refractivity contribution is -0.135. The van der Waals surface area contributed by atoms with Crippen LogP contribution >= 0.6 is 0 Å². The number of phenols is 1. The van der Waals surface area contributed by atoms with Gasteiger partial charge in [0.1, 0.15) is 17.6 Å². The van der Waals surface area contributed by atoms with Gasteiger partial charge in [-0.15, -0.1) is 0 Å². The first kappa shape index (κ1) is 28.3. The first-order valence-electron chi connectivity index (χ1n) is 11.8. The lowest BCUT2D eigenvalue weighted by atomic mass is 10.0. The molecule has 194 valence electrons. The van der Waals surface area contributed by atoms with E-state index in [2.05, 4.69) is 10.6 Å². The molecule has 36 heavy (non-hydrogen) atoms. The first-order chi connectivity index (χ1) is 17.3. The second-order valence-corrected chi connectivity index (χ2v) is 8.44. The van der Waals surface area contributed by atoms with E-state index in [9.17, 15) is 23.6 Å². The van der Waals surface area contributed by atoms with Gasteiger partial charge in [-0.25, -0.2) is 4.39 Å². The third-order valence-electron chi connectivity index (χ3n) is 5.58. The topological polar surface area (TPSA) is 142 Å². The number of nitrogens with zero attached hydrogens (tertiary/aromatic N) is 1. The molecule has 0 aromatic heterocycles. The molecule has 1 unspecified atom stereocenters. The number of benzene rings is 2. The average Bonchev–Trinajstić information content (AvgIpc) is 3.40. The number of phenolic OH excluding ortho intramolecular Hbond substituents is 1. The van der Waals surface area contributed by atoms with Crippen LogP contribution in [0.25, 0.3) is 0 Å². The van der Waals surface area contributed by atoms with Crippen molar-refractivity contribution in [2.24, 2.45) is 5.73 Å². The van der Waals surface area contributed by atoms with Gasteiger partial charge in [0.05, 0.1) is 0 Å². The van der Waals surface area contributed by atoms with E-state index in [1.165, 1.54) is 12.1 Å². The predicted octanol–water partition coefficient (Wildman–Crippen LogP) is 1.42. The molecule has 2 aromatic carbocycles. The van der Waals surface area contributed by atoms with Crippen molar-refractivity contribution in [2.45, 2.75) is 44.6 Å². The highest BCUT2D eigenvalue weighted by Crippen LogP contribution is 2.13. The average molecular weight is 501 g/mol. The molecule has 1 aliphatic heterocycles. The minimum absolute atomic E-state index is 0.0530. The van der Waals surface area contributed by atoms with Crippen molar-refractivity contribution in [1.82, 2.24) is 15.5 Å². The second kappa shape index (κ2) is 15.1. The van der Waals surface area contributed by atoms with Gasteiger partial charge in [-0.1, -0.05) is 24.3 Å². The molecule has 1 aliphatic rings. The van der Waals surface area contributed by atoms with Crippen molar-refractivity contribution in [3.63, 3.8) is 0 Å². The summed E-state index contributed by atoms with van der Waals surface area (Å²) in [5.74, 6) is -1.20. The summed E-state index contributed by atoms with van der Waals surface area (Å²) in [4.78, 5) is 47.0. The van der Waals surface area contributed by atoms with Gasteiger partial charge in [0.15, 0.2) is 0 Å². The number of halogens is 1. The van der Waals surface area contributed by atoms with E-state index in [-0.39, 0.29) is 36.7 Å². The molecule has 4 amide bonds. The Bertz CT molecular complexity index is 992.